The predicted molar refractivity (Wildman–Crippen MR) is 89.6 cm³/mol. The van der Waals surface area contributed by atoms with E-state index in [1.807, 2.05) is 6.92 Å². The first-order valence-electron chi connectivity index (χ1n) is 7.49. The minimum Gasteiger partial charge on any atom is -0.356 e. The normalized spacial score (nSPS) is 22.2. The van der Waals surface area contributed by atoms with Crippen molar-refractivity contribution in [1.82, 2.24) is 10.6 Å². The second kappa shape index (κ2) is 7.59. The van der Waals surface area contributed by atoms with E-state index < -0.39 is 4.75 Å². The molecular formula is C16H20FN3O2S. The summed E-state index contributed by atoms with van der Waals surface area (Å²) in [4.78, 5) is 28.0. The highest BCUT2D eigenvalue weighted by molar-refractivity contribution is 8.16. The molecule has 0 aliphatic carbocycles. The van der Waals surface area contributed by atoms with Gasteiger partial charge in [0.15, 0.2) is 5.17 Å². The standard InChI is InChI=1S/C16H20FN3O2S/c1-3-18-13(21)8-9-16(2)14(22)20-15(23-16)19-10-11-6-4-5-7-12(11)17/h4-7H,3,8-10H2,1-2H3,(H,18,21)(H,19,20,22)/t16-/m0/s1. The number of thioether (sulfide) groups is 1. The lowest BCUT2D eigenvalue weighted by Gasteiger charge is -2.17. The fourth-order valence-electron chi connectivity index (χ4n) is 2.17. The Balaban J connectivity index is 1.97. The van der Waals surface area contributed by atoms with Crippen molar-refractivity contribution in [3.63, 3.8) is 0 Å². The molecule has 1 atom stereocenters. The van der Waals surface area contributed by atoms with Crippen molar-refractivity contribution in [3.05, 3.63) is 35.6 Å². The second-order valence-corrected chi connectivity index (χ2v) is 6.95. The van der Waals surface area contributed by atoms with Gasteiger partial charge in [0.1, 0.15) is 10.6 Å². The van der Waals surface area contributed by atoms with Crippen LogP contribution in [0, 0.1) is 5.82 Å². The van der Waals surface area contributed by atoms with Crippen molar-refractivity contribution in [2.24, 2.45) is 4.99 Å². The van der Waals surface area contributed by atoms with Gasteiger partial charge in [-0.25, -0.2) is 4.39 Å². The molecule has 1 aliphatic heterocycles. The van der Waals surface area contributed by atoms with Gasteiger partial charge in [-0.05, 0) is 26.3 Å². The van der Waals surface area contributed by atoms with Gasteiger partial charge in [0.2, 0.25) is 11.8 Å². The average Bonchev–Trinajstić information content (AvgIpc) is 2.80. The van der Waals surface area contributed by atoms with Crippen LogP contribution in [-0.4, -0.2) is 28.3 Å². The molecule has 2 rings (SSSR count). The van der Waals surface area contributed by atoms with Crippen molar-refractivity contribution < 1.29 is 14.0 Å². The zero-order valence-corrected chi connectivity index (χ0v) is 14.0. The van der Waals surface area contributed by atoms with Crippen LogP contribution in [-0.2, 0) is 16.1 Å². The first kappa shape index (κ1) is 17.5. The van der Waals surface area contributed by atoms with Crippen LogP contribution in [0.15, 0.2) is 29.3 Å². The molecule has 124 valence electrons. The fourth-order valence-corrected chi connectivity index (χ4v) is 3.22. The Kier molecular flexibility index (Phi) is 5.76. The van der Waals surface area contributed by atoms with Crippen molar-refractivity contribution >= 4 is 28.7 Å². The summed E-state index contributed by atoms with van der Waals surface area (Å²) in [5.74, 6) is -0.553. The Morgan fingerprint density at radius 2 is 2.17 bits per heavy atom. The van der Waals surface area contributed by atoms with E-state index in [2.05, 4.69) is 15.6 Å². The summed E-state index contributed by atoms with van der Waals surface area (Å²) in [7, 11) is 0. The van der Waals surface area contributed by atoms with E-state index in [0.29, 0.717) is 23.7 Å². The number of aliphatic imine (C=N–C) groups is 1. The lowest BCUT2D eigenvalue weighted by Crippen LogP contribution is -2.35. The summed E-state index contributed by atoms with van der Waals surface area (Å²) in [6.07, 6.45) is 0.708. The molecule has 0 radical (unpaired) electrons. The molecule has 5 nitrogen and oxygen atoms in total. The molecule has 1 heterocycles. The molecule has 2 N–H and O–H groups in total. The highest BCUT2D eigenvalue weighted by Gasteiger charge is 2.42. The number of hydrogen-bond donors (Lipinski definition) is 2. The van der Waals surface area contributed by atoms with Gasteiger partial charge >= 0.3 is 0 Å². The van der Waals surface area contributed by atoms with Crippen molar-refractivity contribution in [2.75, 3.05) is 6.54 Å². The van der Waals surface area contributed by atoms with Gasteiger partial charge in [0.25, 0.3) is 0 Å². The quantitative estimate of drug-likeness (QED) is 0.836. The molecule has 0 spiro atoms. The maximum absolute atomic E-state index is 13.6. The van der Waals surface area contributed by atoms with E-state index in [1.54, 1.807) is 25.1 Å². The zero-order chi connectivity index (χ0) is 16.9. The predicted octanol–water partition coefficient (Wildman–Crippen LogP) is 2.22. The van der Waals surface area contributed by atoms with Crippen LogP contribution in [0.1, 0.15) is 32.3 Å². The summed E-state index contributed by atoms with van der Waals surface area (Å²) >= 11 is 1.29. The largest absolute Gasteiger partial charge is 0.356 e. The highest BCUT2D eigenvalue weighted by Crippen LogP contribution is 2.35. The summed E-state index contributed by atoms with van der Waals surface area (Å²) in [5.41, 5.74) is 0.478. The minimum absolute atomic E-state index is 0.0705. The number of carbonyl (C=O) groups is 2. The molecule has 0 aromatic heterocycles. The summed E-state index contributed by atoms with van der Waals surface area (Å²) < 4.78 is 12.8. The van der Waals surface area contributed by atoms with Crippen molar-refractivity contribution in [2.45, 2.75) is 38.0 Å². The van der Waals surface area contributed by atoms with E-state index >= 15 is 0 Å². The second-order valence-electron chi connectivity index (χ2n) is 5.45. The van der Waals surface area contributed by atoms with Gasteiger partial charge in [-0.3, -0.25) is 14.6 Å². The smallest absolute Gasteiger partial charge is 0.242 e. The van der Waals surface area contributed by atoms with E-state index in [4.69, 9.17) is 0 Å². The number of amidine groups is 1. The summed E-state index contributed by atoms with van der Waals surface area (Å²) in [5, 5.41) is 5.89. The molecule has 1 fully saturated rings. The van der Waals surface area contributed by atoms with Gasteiger partial charge in [-0.1, -0.05) is 30.0 Å². The SMILES string of the molecule is CCNC(=O)CC[C@]1(C)SC(=NCc2ccccc2F)NC1=O. The monoisotopic (exact) mass is 337 g/mol. The lowest BCUT2D eigenvalue weighted by atomic mass is 10.0. The van der Waals surface area contributed by atoms with Crippen LogP contribution in [0.3, 0.4) is 0 Å². The Morgan fingerprint density at radius 1 is 1.43 bits per heavy atom. The number of nitrogens with zero attached hydrogens (tertiary/aromatic N) is 1. The number of hydrogen-bond acceptors (Lipinski definition) is 4. The maximum atomic E-state index is 13.6. The average molecular weight is 337 g/mol. The molecule has 7 heteroatoms. The highest BCUT2D eigenvalue weighted by atomic mass is 32.2. The van der Waals surface area contributed by atoms with E-state index in [9.17, 15) is 14.0 Å². The molecular weight excluding hydrogens is 317 g/mol. The van der Waals surface area contributed by atoms with Gasteiger partial charge in [0.05, 0.1) is 6.54 Å². The van der Waals surface area contributed by atoms with Gasteiger partial charge in [0, 0.05) is 18.5 Å². The van der Waals surface area contributed by atoms with Crippen LogP contribution in [0.4, 0.5) is 4.39 Å². The minimum atomic E-state index is -0.723. The Labute approximate surface area is 139 Å². The third kappa shape index (κ3) is 4.54. The number of rotatable bonds is 6. The number of nitrogens with one attached hydrogen (secondary N) is 2. The van der Waals surface area contributed by atoms with Crippen LogP contribution in [0.5, 0.6) is 0 Å². The van der Waals surface area contributed by atoms with Crippen LogP contribution in [0.2, 0.25) is 0 Å². The number of carbonyl (C=O) groups excluding carboxylic acids is 2. The third-order valence-corrected chi connectivity index (χ3v) is 4.84. The van der Waals surface area contributed by atoms with Gasteiger partial charge in [-0.15, -0.1) is 0 Å². The Bertz CT molecular complexity index is 636. The molecule has 0 unspecified atom stereocenters. The molecule has 1 aromatic rings. The van der Waals surface area contributed by atoms with Crippen molar-refractivity contribution in [3.8, 4) is 0 Å². The molecule has 1 aliphatic rings. The summed E-state index contributed by atoms with van der Waals surface area (Å²) in [6.45, 7) is 4.38. The van der Waals surface area contributed by atoms with E-state index in [1.165, 1.54) is 17.8 Å². The van der Waals surface area contributed by atoms with Gasteiger partial charge < -0.3 is 10.6 Å². The molecule has 2 amide bonds. The first-order valence-corrected chi connectivity index (χ1v) is 8.31. The zero-order valence-electron chi connectivity index (χ0n) is 13.2. The summed E-state index contributed by atoms with van der Waals surface area (Å²) in [6, 6.07) is 6.41. The molecule has 23 heavy (non-hydrogen) atoms. The number of benzene rings is 1. The van der Waals surface area contributed by atoms with Gasteiger partial charge in [-0.2, -0.15) is 0 Å². The number of amides is 2. The first-order chi connectivity index (χ1) is 10.9. The lowest BCUT2D eigenvalue weighted by molar-refractivity contribution is -0.122. The van der Waals surface area contributed by atoms with E-state index in [-0.39, 0.29) is 30.6 Å². The Hall–Kier alpha value is -1.89. The van der Waals surface area contributed by atoms with Crippen LogP contribution < -0.4 is 10.6 Å². The fraction of sp³-hybridized carbons (Fsp3) is 0.438. The molecule has 0 bridgehead atoms. The molecule has 0 saturated carbocycles. The Morgan fingerprint density at radius 3 is 2.87 bits per heavy atom. The molecule has 1 saturated heterocycles. The van der Waals surface area contributed by atoms with Crippen LogP contribution >= 0.6 is 11.8 Å². The topological polar surface area (TPSA) is 70.6 Å². The maximum Gasteiger partial charge on any atom is 0.242 e. The molecule has 1 aromatic carbocycles. The van der Waals surface area contributed by atoms with E-state index in [0.717, 1.165) is 0 Å². The van der Waals surface area contributed by atoms with Crippen molar-refractivity contribution in [1.29, 1.82) is 0 Å². The number of halogens is 1. The third-order valence-electron chi connectivity index (χ3n) is 3.58. The van der Waals surface area contributed by atoms with Crippen LogP contribution in [0.25, 0.3) is 0 Å².